The number of rotatable bonds is 4. The van der Waals surface area contributed by atoms with Crippen LogP contribution in [0.25, 0.3) is 0 Å². The van der Waals surface area contributed by atoms with Crippen molar-refractivity contribution in [2.24, 2.45) is 5.73 Å². The molecule has 1 fully saturated rings. The van der Waals surface area contributed by atoms with E-state index < -0.39 is 0 Å². The Morgan fingerprint density at radius 1 is 1.29 bits per heavy atom. The Balaban J connectivity index is 2.52. The average Bonchev–Trinajstić information content (AvgIpc) is 2.29. The lowest BCUT2D eigenvalue weighted by molar-refractivity contribution is -0.0562. The minimum absolute atomic E-state index is 0.0955. The van der Waals surface area contributed by atoms with E-state index in [0.29, 0.717) is 19.8 Å². The molecular weight excluding hydrogens is 218 g/mol. The van der Waals surface area contributed by atoms with Crippen molar-refractivity contribution in [3.63, 3.8) is 0 Å². The Kier molecular flexibility index (Phi) is 3.26. The normalized spacial score (nSPS) is 17.4. The maximum absolute atomic E-state index is 5.90. The van der Waals surface area contributed by atoms with Gasteiger partial charge in [0.25, 0.3) is 0 Å². The number of hydrogen-bond acceptors (Lipinski definition) is 4. The smallest absolute Gasteiger partial charge is 0.126 e. The number of methoxy groups -OCH3 is 2. The van der Waals surface area contributed by atoms with E-state index in [2.05, 4.69) is 6.92 Å². The highest BCUT2D eigenvalue weighted by Crippen LogP contribution is 2.41. The molecule has 0 radical (unpaired) electrons. The zero-order chi connectivity index (χ0) is 12.5. The summed E-state index contributed by atoms with van der Waals surface area (Å²) >= 11 is 0. The van der Waals surface area contributed by atoms with Crippen LogP contribution in [0, 0.1) is 6.92 Å². The first-order valence-electron chi connectivity index (χ1n) is 5.68. The Labute approximate surface area is 102 Å². The first-order valence-corrected chi connectivity index (χ1v) is 5.68. The van der Waals surface area contributed by atoms with Gasteiger partial charge in [-0.1, -0.05) is 0 Å². The van der Waals surface area contributed by atoms with Crippen LogP contribution in [-0.2, 0) is 10.2 Å². The first kappa shape index (κ1) is 12.2. The number of nitrogens with two attached hydrogens (primary N) is 1. The van der Waals surface area contributed by atoms with Crippen LogP contribution in [0.15, 0.2) is 12.1 Å². The largest absolute Gasteiger partial charge is 0.497 e. The molecule has 0 spiro atoms. The van der Waals surface area contributed by atoms with E-state index in [1.807, 2.05) is 12.1 Å². The van der Waals surface area contributed by atoms with Crippen molar-refractivity contribution in [3.05, 3.63) is 23.3 Å². The Morgan fingerprint density at radius 3 is 2.41 bits per heavy atom. The first-order chi connectivity index (χ1) is 8.16. The summed E-state index contributed by atoms with van der Waals surface area (Å²) in [5.74, 6) is 1.63. The Hall–Kier alpha value is -1.26. The minimum Gasteiger partial charge on any atom is -0.497 e. The highest BCUT2D eigenvalue weighted by Gasteiger charge is 2.42. The molecule has 2 N–H and O–H groups in total. The van der Waals surface area contributed by atoms with Gasteiger partial charge in [0.1, 0.15) is 11.5 Å². The van der Waals surface area contributed by atoms with Crippen molar-refractivity contribution in [2.75, 3.05) is 34.0 Å². The molecule has 1 aliphatic heterocycles. The average molecular weight is 237 g/mol. The number of hydrogen-bond donors (Lipinski definition) is 1. The third-order valence-corrected chi connectivity index (χ3v) is 3.41. The van der Waals surface area contributed by atoms with Crippen molar-refractivity contribution in [1.82, 2.24) is 0 Å². The van der Waals surface area contributed by atoms with Gasteiger partial charge in [0.2, 0.25) is 0 Å². The zero-order valence-corrected chi connectivity index (χ0v) is 10.6. The summed E-state index contributed by atoms with van der Waals surface area (Å²) in [6.07, 6.45) is 0. The summed E-state index contributed by atoms with van der Waals surface area (Å²) in [5, 5.41) is 0. The van der Waals surface area contributed by atoms with Gasteiger partial charge in [0.05, 0.1) is 32.8 Å². The van der Waals surface area contributed by atoms with Crippen LogP contribution in [0.4, 0.5) is 0 Å². The van der Waals surface area contributed by atoms with Gasteiger partial charge in [-0.15, -0.1) is 0 Å². The predicted octanol–water partition coefficient (Wildman–Crippen LogP) is 1.24. The van der Waals surface area contributed by atoms with Gasteiger partial charge in [-0.2, -0.15) is 0 Å². The number of ether oxygens (including phenoxy) is 3. The monoisotopic (exact) mass is 237 g/mol. The lowest BCUT2D eigenvalue weighted by Gasteiger charge is -2.42. The fraction of sp³-hybridized carbons (Fsp3) is 0.538. The molecule has 4 nitrogen and oxygen atoms in total. The summed E-state index contributed by atoms with van der Waals surface area (Å²) in [6, 6.07) is 3.91. The van der Waals surface area contributed by atoms with Crippen molar-refractivity contribution in [2.45, 2.75) is 12.3 Å². The number of aryl methyl sites for hydroxylation is 1. The molecule has 1 aromatic carbocycles. The molecule has 0 atom stereocenters. The molecule has 17 heavy (non-hydrogen) atoms. The van der Waals surface area contributed by atoms with Gasteiger partial charge in [-0.05, 0) is 18.6 Å². The second-order valence-electron chi connectivity index (χ2n) is 4.50. The third kappa shape index (κ3) is 1.87. The van der Waals surface area contributed by atoms with Crippen molar-refractivity contribution >= 4 is 0 Å². The molecular formula is C13H19NO3. The van der Waals surface area contributed by atoms with Crippen LogP contribution in [0.2, 0.25) is 0 Å². The Morgan fingerprint density at radius 2 is 2.00 bits per heavy atom. The maximum atomic E-state index is 5.90. The van der Waals surface area contributed by atoms with E-state index in [1.165, 1.54) is 0 Å². The summed E-state index contributed by atoms with van der Waals surface area (Å²) in [4.78, 5) is 0. The Bertz CT molecular complexity index is 408. The lowest BCUT2D eigenvalue weighted by atomic mass is 9.76. The maximum Gasteiger partial charge on any atom is 0.126 e. The van der Waals surface area contributed by atoms with Crippen LogP contribution in [0.1, 0.15) is 11.1 Å². The molecule has 1 heterocycles. The van der Waals surface area contributed by atoms with Crippen LogP contribution < -0.4 is 15.2 Å². The summed E-state index contributed by atoms with van der Waals surface area (Å²) in [5.41, 5.74) is 8.08. The second-order valence-corrected chi connectivity index (χ2v) is 4.50. The van der Waals surface area contributed by atoms with E-state index in [9.17, 15) is 0 Å². The highest BCUT2D eigenvalue weighted by molar-refractivity contribution is 5.51. The van der Waals surface area contributed by atoms with Crippen LogP contribution in [0.5, 0.6) is 11.5 Å². The van der Waals surface area contributed by atoms with E-state index in [1.54, 1.807) is 14.2 Å². The van der Waals surface area contributed by atoms with E-state index in [4.69, 9.17) is 19.9 Å². The van der Waals surface area contributed by atoms with Crippen LogP contribution >= 0.6 is 0 Å². The SMILES string of the molecule is COc1cc(C)c(C2(CN)COC2)c(OC)c1. The van der Waals surface area contributed by atoms with Gasteiger partial charge in [0, 0.05) is 18.2 Å². The third-order valence-electron chi connectivity index (χ3n) is 3.41. The second kappa shape index (κ2) is 4.55. The van der Waals surface area contributed by atoms with Gasteiger partial charge in [-0.25, -0.2) is 0 Å². The van der Waals surface area contributed by atoms with Gasteiger partial charge in [-0.3, -0.25) is 0 Å². The molecule has 94 valence electrons. The van der Waals surface area contributed by atoms with Crippen molar-refractivity contribution < 1.29 is 14.2 Å². The zero-order valence-electron chi connectivity index (χ0n) is 10.6. The molecule has 1 aliphatic rings. The molecule has 4 heteroatoms. The quantitative estimate of drug-likeness (QED) is 0.856. The molecule has 0 unspecified atom stereocenters. The van der Waals surface area contributed by atoms with Gasteiger partial charge in [0.15, 0.2) is 0 Å². The van der Waals surface area contributed by atoms with Crippen LogP contribution in [-0.4, -0.2) is 34.0 Å². The molecule has 0 saturated carbocycles. The lowest BCUT2D eigenvalue weighted by Crippen LogP contribution is -2.52. The fourth-order valence-corrected chi connectivity index (χ4v) is 2.39. The standard InChI is InChI=1S/C13H19NO3/c1-9-4-10(15-2)5-11(16-3)12(9)13(6-14)7-17-8-13/h4-5H,6-8,14H2,1-3H3. The molecule has 0 amide bonds. The molecule has 2 rings (SSSR count). The van der Waals surface area contributed by atoms with E-state index in [0.717, 1.165) is 22.6 Å². The van der Waals surface area contributed by atoms with Gasteiger partial charge >= 0.3 is 0 Å². The minimum atomic E-state index is -0.0955. The molecule has 0 aliphatic carbocycles. The molecule has 1 saturated heterocycles. The molecule has 1 aromatic rings. The summed E-state index contributed by atoms with van der Waals surface area (Å²) in [7, 11) is 3.32. The van der Waals surface area contributed by atoms with Gasteiger partial charge < -0.3 is 19.9 Å². The van der Waals surface area contributed by atoms with Crippen molar-refractivity contribution in [1.29, 1.82) is 0 Å². The highest BCUT2D eigenvalue weighted by atomic mass is 16.5. The topological polar surface area (TPSA) is 53.7 Å². The summed E-state index contributed by atoms with van der Waals surface area (Å²) < 4.78 is 16.0. The number of benzene rings is 1. The summed E-state index contributed by atoms with van der Waals surface area (Å²) in [6.45, 7) is 3.94. The van der Waals surface area contributed by atoms with E-state index in [-0.39, 0.29) is 5.41 Å². The predicted molar refractivity (Wildman–Crippen MR) is 65.8 cm³/mol. The molecule has 0 aromatic heterocycles. The van der Waals surface area contributed by atoms with Crippen molar-refractivity contribution in [3.8, 4) is 11.5 Å². The van der Waals surface area contributed by atoms with Crippen LogP contribution in [0.3, 0.4) is 0 Å². The fourth-order valence-electron chi connectivity index (χ4n) is 2.39. The van der Waals surface area contributed by atoms with E-state index >= 15 is 0 Å². The molecule has 0 bridgehead atoms.